The average molecular weight is 1000 g/mol. The molecule has 0 aromatic carbocycles. The average Bonchev–Trinajstić information content (AvgIpc) is 3.39. The van der Waals surface area contributed by atoms with Gasteiger partial charge in [-0.05, 0) is 135 Å². The van der Waals surface area contributed by atoms with Gasteiger partial charge in [-0.1, -0.05) is 229 Å². The van der Waals surface area contributed by atoms with Gasteiger partial charge in [0.15, 0.2) is 6.10 Å². The SMILES string of the molecule is CC/C=C\C/C=C\C/C=C\C/C=C\C/C=C\C/C=C\CCC(=O)OCC(COC(=O)CCC/C=C\C/C=C\C/C=C\C/C=C\C/C=C\CC)OC(=O)CCCCCCCC/C=C\C/C=C\C/C=C\C/C=C\CC. The van der Waals surface area contributed by atoms with Crippen LogP contribution in [0.4, 0.5) is 0 Å². The summed E-state index contributed by atoms with van der Waals surface area (Å²) in [4.78, 5) is 38.1. The molecule has 0 rings (SSSR count). The summed E-state index contributed by atoms with van der Waals surface area (Å²) >= 11 is 0. The summed E-state index contributed by atoms with van der Waals surface area (Å²) < 4.78 is 16.7. The third kappa shape index (κ3) is 57.3. The van der Waals surface area contributed by atoms with Gasteiger partial charge in [0.25, 0.3) is 0 Å². The van der Waals surface area contributed by atoms with E-state index in [1.165, 1.54) is 12.8 Å². The van der Waals surface area contributed by atoms with Crippen LogP contribution in [0.1, 0.15) is 201 Å². The molecule has 0 radical (unpaired) electrons. The summed E-state index contributed by atoms with van der Waals surface area (Å²) in [5.74, 6) is -1.11. The summed E-state index contributed by atoms with van der Waals surface area (Å²) in [7, 11) is 0. The molecule has 6 nitrogen and oxygen atoms in total. The minimum atomic E-state index is -0.851. The van der Waals surface area contributed by atoms with Gasteiger partial charge in [-0.3, -0.25) is 14.4 Å². The quantitative estimate of drug-likeness (QED) is 0.0262. The zero-order chi connectivity index (χ0) is 52.9. The number of ether oxygens (including phenoxy) is 3. The van der Waals surface area contributed by atoms with Crippen LogP contribution in [0, 0.1) is 0 Å². The molecule has 0 saturated heterocycles. The normalized spacial score (nSPS) is 13.5. The van der Waals surface area contributed by atoms with Crippen molar-refractivity contribution in [3.8, 4) is 0 Å². The lowest BCUT2D eigenvalue weighted by molar-refractivity contribution is -0.166. The Hall–Kier alpha value is -5.49. The molecule has 0 aromatic rings. The first kappa shape index (κ1) is 67.5. The molecule has 0 N–H and O–H groups in total. The van der Waals surface area contributed by atoms with Gasteiger partial charge in [-0.2, -0.15) is 0 Å². The molecule has 0 heterocycles. The summed E-state index contributed by atoms with van der Waals surface area (Å²) in [5.41, 5.74) is 0. The number of hydrogen-bond acceptors (Lipinski definition) is 6. The van der Waals surface area contributed by atoms with Crippen molar-refractivity contribution in [2.24, 2.45) is 0 Å². The molecule has 0 amide bonds. The highest BCUT2D eigenvalue weighted by molar-refractivity contribution is 5.71. The number of carbonyl (C=O) groups is 3. The van der Waals surface area contributed by atoms with Gasteiger partial charge in [-0.15, -0.1) is 0 Å². The van der Waals surface area contributed by atoms with Crippen LogP contribution in [0.2, 0.25) is 0 Å². The second-order valence-corrected chi connectivity index (χ2v) is 17.7. The van der Waals surface area contributed by atoms with Gasteiger partial charge in [-0.25, -0.2) is 0 Å². The molecule has 0 aliphatic carbocycles. The second kappa shape index (κ2) is 59.1. The first-order valence-corrected chi connectivity index (χ1v) is 28.3. The molecule has 0 aliphatic heterocycles. The highest BCUT2D eigenvalue weighted by Crippen LogP contribution is 2.12. The molecule has 0 saturated carbocycles. The molecule has 0 aliphatic rings. The minimum Gasteiger partial charge on any atom is -0.462 e. The Balaban J connectivity index is 4.66. The van der Waals surface area contributed by atoms with E-state index in [0.717, 1.165) is 135 Å². The molecule has 0 spiro atoms. The number of carbonyl (C=O) groups excluding carboxylic acids is 3. The van der Waals surface area contributed by atoms with E-state index in [1.807, 2.05) is 12.2 Å². The van der Waals surface area contributed by atoms with Crippen LogP contribution >= 0.6 is 0 Å². The van der Waals surface area contributed by atoms with Gasteiger partial charge in [0.05, 0.1) is 0 Å². The molecular formula is C67H100O6. The van der Waals surface area contributed by atoms with Crippen molar-refractivity contribution in [2.75, 3.05) is 13.2 Å². The highest BCUT2D eigenvalue weighted by atomic mass is 16.6. The number of rotatable bonds is 48. The first-order valence-electron chi connectivity index (χ1n) is 28.3. The van der Waals surface area contributed by atoms with Crippen LogP contribution in [0.3, 0.4) is 0 Å². The lowest BCUT2D eigenvalue weighted by Gasteiger charge is -2.18. The van der Waals surface area contributed by atoms with Gasteiger partial charge in [0.2, 0.25) is 0 Å². The van der Waals surface area contributed by atoms with E-state index in [-0.39, 0.29) is 50.4 Å². The van der Waals surface area contributed by atoms with Crippen LogP contribution in [0.25, 0.3) is 0 Å². The third-order valence-electron chi connectivity index (χ3n) is 10.9. The molecule has 0 fully saturated rings. The maximum absolute atomic E-state index is 12.9. The minimum absolute atomic E-state index is 0.147. The molecule has 1 atom stereocenters. The number of unbranched alkanes of at least 4 members (excludes halogenated alkanes) is 7. The van der Waals surface area contributed by atoms with E-state index in [0.29, 0.717) is 12.8 Å². The largest absolute Gasteiger partial charge is 0.462 e. The van der Waals surface area contributed by atoms with Crippen LogP contribution in [-0.2, 0) is 28.6 Å². The van der Waals surface area contributed by atoms with Crippen molar-refractivity contribution in [1.82, 2.24) is 0 Å². The molecule has 0 aromatic heterocycles. The van der Waals surface area contributed by atoms with Crippen LogP contribution < -0.4 is 0 Å². The lowest BCUT2D eigenvalue weighted by Crippen LogP contribution is -2.30. The van der Waals surface area contributed by atoms with E-state index in [2.05, 4.69) is 191 Å². The molecule has 404 valence electrons. The van der Waals surface area contributed by atoms with E-state index in [4.69, 9.17) is 14.2 Å². The fourth-order valence-electron chi connectivity index (χ4n) is 6.79. The topological polar surface area (TPSA) is 78.9 Å². The maximum Gasteiger partial charge on any atom is 0.306 e. The maximum atomic E-state index is 12.9. The fraction of sp³-hybridized carbons (Fsp3) is 0.507. The Bertz CT molecular complexity index is 1770. The van der Waals surface area contributed by atoms with Crippen LogP contribution in [0.5, 0.6) is 0 Å². The first-order chi connectivity index (χ1) is 36.0. The van der Waals surface area contributed by atoms with Gasteiger partial charge in [0.1, 0.15) is 13.2 Å². The summed E-state index contributed by atoms with van der Waals surface area (Å²) in [5, 5.41) is 0. The third-order valence-corrected chi connectivity index (χ3v) is 10.9. The van der Waals surface area contributed by atoms with Gasteiger partial charge in [0, 0.05) is 19.3 Å². The monoisotopic (exact) mass is 1000 g/mol. The number of hydrogen-bond donors (Lipinski definition) is 0. The molecule has 6 heteroatoms. The fourth-order valence-corrected chi connectivity index (χ4v) is 6.79. The summed E-state index contributed by atoms with van der Waals surface area (Å²) in [6.07, 6.45) is 88.9. The zero-order valence-electron chi connectivity index (χ0n) is 46.1. The second-order valence-electron chi connectivity index (χ2n) is 17.7. The van der Waals surface area contributed by atoms with E-state index >= 15 is 0 Å². The Morgan fingerprint density at radius 1 is 0.274 bits per heavy atom. The summed E-state index contributed by atoms with van der Waals surface area (Å²) in [6, 6.07) is 0. The molecule has 0 bridgehead atoms. The van der Waals surface area contributed by atoms with Crippen molar-refractivity contribution in [3.63, 3.8) is 0 Å². The highest BCUT2D eigenvalue weighted by Gasteiger charge is 2.19. The molecule has 73 heavy (non-hydrogen) atoms. The van der Waals surface area contributed by atoms with Crippen molar-refractivity contribution in [3.05, 3.63) is 182 Å². The Labute approximate surface area is 446 Å². The Morgan fingerprint density at radius 3 is 0.890 bits per heavy atom. The van der Waals surface area contributed by atoms with Crippen LogP contribution in [0.15, 0.2) is 182 Å². The number of esters is 3. The van der Waals surface area contributed by atoms with Crippen molar-refractivity contribution in [1.29, 1.82) is 0 Å². The van der Waals surface area contributed by atoms with Crippen molar-refractivity contribution in [2.45, 2.75) is 207 Å². The Morgan fingerprint density at radius 2 is 0.534 bits per heavy atom. The lowest BCUT2D eigenvalue weighted by atomic mass is 10.1. The van der Waals surface area contributed by atoms with Gasteiger partial charge < -0.3 is 14.2 Å². The predicted molar refractivity (Wildman–Crippen MR) is 315 cm³/mol. The number of allylic oxidation sites excluding steroid dienone is 30. The van der Waals surface area contributed by atoms with E-state index in [9.17, 15) is 14.4 Å². The molecule has 1 unspecified atom stereocenters. The van der Waals surface area contributed by atoms with Crippen LogP contribution in [-0.4, -0.2) is 37.2 Å². The molecular weight excluding hydrogens is 901 g/mol. The van der Waals surface area contributed by atoms with E-state index in [1.54, 1.807) is 0 Å². The smallest absolute Gasteiger partial charge is 0.306 e. The Kier molecular flexibility index (Phi) is 54.6. The summed E-state index contributed by atoms with van der Waals surface area (Å²) in [6.45, 7) is 6.15. The van der Waals surface area contributed by atoms with Crippen molar-refractivity contribution >= 4 is 17.9 Å². The van der Waals surface area contributed by atoms with E-state index < -0.39 is 6.10 Å². The zero-order valence-corrected chi connectivity index (χ0v) is 46.1. The van der Waals surface area contributed by atoms with Gasteiger partial charge >= 0.3 is 17.9 Å². The van der Waals surface area contributed by atoms with Crippen molar-refractivity contribution < 1.29 is 28.6 Å². The standard InChI is InChI=1S/C67H100O6/c1-4-7-10-13-16-19-22-25-28-31-33-36-39-42-45-48-51-54-57-60-66(69)72-63-64(62-71-65(68)59-56-53-50-47-44-41-38-35-30-27-24-21-18-15-12-9-6-3)73-67(70)61-58-55-52-49-46-43-40-37-34-32-29-26-23-20-17-14-11-8-5-2/h7-12,16-21,25-30,33-34,36-38,41-42,45,47,50-51,54,64H,4-6,13-15,22-24,31-32,35,39-40,43-44,46,48-49,52-53,55-63H2,1-3H3/b10-7-,11-8-,12-9-,19-16-,20-17-,21-18-,28-25-,29-26-,30-27-,36-33-,37-34-,41-38-,45-42-,50-47-,54-51-. The predicted octanol–water partition coefficient (Wildman–Crippen LogP) is 19.3.